The van der Waals surface area contributed by atoms with Gasteiger partial charge in [0.1, 0.15) is 5.56 Å². The van der Waals surface area contributed by atoms with Crippen LogP contribution in [0.5, 0.6) is 5.75 Å². The number of anilines is 1. The van der Waals surface area contributed by atoms with E-state index < -0.39 is 28.6 Å². The van der Waals surface area contributed by atoms with Crippen LogP contribution in [0.3, 0.4) is 0 Å². The Morgan fingerprint density at radius 1 is 1.06 bits per heavy atom. The normalized spacial score (nSPS) is 15.0. The first-order valence-corrected chi connectivity index (χ1v) is 9.65. The first kappa shape index (κ1) is 20.7. The zero-order chi connectivity index (χ0) is 22.7. The Kier molecular flexibility index (Phi) is 5.63. The van der Waals surface area contributed by atoms with Gasteiger partial charge in [-0.2, -0.15) is 0 Å². The Balaban J connectivity index is 1.75. The molecule has 3 aromatic rings. The molecule has 0 bridgehead atoms. The predicted molar refractivity (Wildman–Crippen MR) is 118 cm³/mol. The highest BCUT2D eigenvalue weighted by Gasteiger charge is 2.31. The summed E-state index contributed by atoms with van der Waals surface area (Å²) in [5.41, 5.74) is 1.77. The Morgan fingerprint density at radius 2 is 1.78 bits per heavy atom. The molecule has 160 valence electrons. The number of carbonyl (C=O) groups is 2. The topological polar surface area (TPSA) is 123 Å². The predicted octanol–water partition coefficient (Wildman–Crippen LogP) is 3.15. The fraction of sp³-hybridized carbons (Fsp3) is 0.0870. The molecule has 1 heterocycles. The Hall–Kier alpha value is -4.53. The Bertz CT molecular complexity index is 1240. The molecule has 1 aliphatic heterocycles. The van der Waals surface area contributed by atoms with E-state index in [1.165, 1.54) is 25.3 Å². The monoisotopic (exact) mass is 430 g/mol. The molecule has 9 nitrogen and oxygen atoms in total. The summed E-state index contributed by atoms with van der Waals surface area (Å²) < 4.78 is 5.02. The minimum atomic E-state index is -1.31. The number of para-hydroxylation sites is 2. The molecule has 0 spiro atoms. The Labute approximate surface area is 182 Å². The molecule has 1 unspecified atom stereocenters. The van der Waals surface area contributed by atoms with Crippen LogP contribution in [0.1, 0.15) is 21.5 Å². The molecule has 2 N–H and O–H groups in total. The second-order valence-corrected chi connectivity index (χ2v) is 6.87. The molecular formula is C23H18N4O5. The number of methoxy groups -OCH3 is 1. The van der Waals surface area contributed by atoms with Gasteiger partial charge in [0.15, 0.2) is 5.75 Å². The molecule has 2 amide bonds. The van der Waals surface area contributed by atoms with Crippen LogP contribution in [0.4, 0.5) is 11.4 Å². The van der Waals surface area contributed by atoms with Gasteiger partial charge in [-0.15, -0.1) is 0 Å². The van der Waals surface area contributed by atoms with E-state index in [0.29, 0.717) is 17.0 Å². The third kappa shape index (κ3) is 3.91. The van der Waals surface area contributed by atoms with Crippen molar-refractivity contribution in [3.05, 3.63) is 99.6 Å². The molecule has 0 saturated heterocycles. The van der Waals surface area contributed by atoms with Crippen molar-refractivity contribution in [2.75, 3.05) is 12.4 Å². The van der Waals surface area contributed by atoms with E-state index in [2.05, 4.69) is 15.6 Å². The minimum Gasteiger partial charge on any atom is -0.490 e. The van der Waals surface area contributed by atoms with Crippen LogP contribution in [0, 0.1) is 10.1 Å². The zero-order valence-corrected chi connectivity index (χ0v) is 16.9. The molecule has 0 aliphatic carbocycles. The second-order valence-electron chi connectivity index (χ2n) is 6.87. The number of amides is 2. The van der Waals surface area contributed by atoms with Crippen LogP contribution >= 0.6 is 0 Å². The number of aliphatic imine (C=N–C) groups is 1. The van der Waals surface area contributed by atoms with Crippen molar-refractivity contribution in [2.24, 2.45) is 4.99 Å². The summed E-state index contributed by atoms with van der Waals surface area (Å²) in [5, 5.41) is 16.8. The molecule has 0 radical (unpaired) electrons. The highest BCUT2D eigenvalue weighted by atomic mass is 16.6. The fourth-order valence-corrected chi connectivity index (χ4v) is 3.44. The number of nitro groups is 1. The van der Waals surface area contributed by atoms with E-state index in [1.54, 1.807) is 12.1 Å². The molecule has 0 fully saturated rings. The lowest BCUT2D eigenvalue weighted by atomic mass is 10.0. The van der Waals surface area contributed by atoms with Gasteiger partial charge in [-0.3, -0.25) is 19.7 Å². The van der Waals surface area contributed by atoms with Gasteiger partial charge < -0.3 is 15.4 Å². The standard InChI is InChI=1S/C23H18N4O5/c1-32-18-13-7-11-16(20(18)27(30)31)22(28)26-21-23(29)24-17-12-6-5-10-15(17)19(25-21)14-8-3-2-4-9-14/h2-13,21H,1H3,(H,24,29)(H,26,28). The second kappa shape index (κ2) is 8.68. The maximum Gasteiger partial charge on any atom is 0.323 e. The molecule has 32 heavy (non-hydrogen) atoms. The van der Waals surface area contributed by atoms with E-state index in [-0.39, 0.29) is 11.3 Å². The van der Waals surface area contributed by atoms with E-state index in [9.17, 15) is 19.7 Å². The minimum absolute atomic E-state index is 0.0613. The number of carbonyl (C=O) groups excluding carboxylic acids is 2. The number of benzodiazepines with no additional fused rings is 1. The van der Waals surface area contributed by atoms with E-state index in [4.69, 9.17) is 4.74 Å². The number of ether oxygens (including phenoxy) is 1. The maximum absolute atomic E-state index is 13.0. The first-order valence-electron chi connectivity index (χ1n) is 9.65. The van der Waals surface area contributed by atoms with Crippen molar-refractivity contribution < 1.29 is 19.2 Å². The van der Waals surface area contributed by atoms with Gasteiger partial charge in [0, 0.05) is 11.1 Å². The number of hydrogen-bond donors (Lipinski definition) is 2. The summed E-state index contributed by atoms with van der Waals surface area (Å²) in [6.07, 6.45) is -1.31. The van der Waals surface area contributed by atoms with Gasteiger partial charge in [0.2, 0.25) is 6.17 Å². The highest BCUT2D eigenvalue weighted by molar-refractivity contribution is 6.20. The van der Waals surface area contributed by atoms with Crippen LogP contribution in [0.15, 0.2) is 77.8 Å². The number of fused-ring (bicyclic) bond motifs is 1. The summed E-state index contributed by atoms with van der Waals surface area (Å²) in [4.78, 5) is 41.2. The van der Waals surface area contributed by atoms with E-state index >= 15 is 0 Å². The van der Waals surface area contributed by atoms with Crippen LogP contribution < -0.4 is 15.4 Å². The van der Waals surface area contributed by atoms with Crippen molar-refractivity contribution in [1.82, 2.24) is 5.32 Å². The smallest absolute Gasteiger partial charge is 0.323 e. The lowest BCUT2D eigenvalue weighted by molar-refractivity contribution is -0.386. The quantitative estimate of drug-likeness (QED) is 0.475. The molecule has 1 atom stereocenters. The summed E-state index contributed by atoms with van der Waals surface area (Å²) >= 11 is 0. The summed E-state index contributed by atoms with van der Waals surface area (Å²) in [5.74, 6) is -1.45. The first-order chi connectivity index (χ1) is 15.5. The number of rotatable bonds is 5. The van der Waals surface area contributed by atoms with Gasteiger partial charge >= 0.3 is 5.69 Å². The van der Waals surface area contributed by atoms with Crippen molar-refractivity contribution >= 4 is 28.9 Å². The summed E-state index contributed by atoms with van der Waals surface area (Å²) in [7, 11) is 1.27. The number of nitrogens with zero attached hydrogens (tertiary/aromatic N) is 2. The molecule has 4 rings (SSSR count). The lowest BCUT2D eigenvalue weighted by Crippen LogP contribution is -2.42. The number of nitro benzene ring substituents is 1. The fourth-order valence-electron chi connectivity index (χ4n) is 3.44. The van der Waals surface area contributed by atoms with Gasteiger partial charge in [-0.1, -0.05) is 54.6 Å². The molecule has 0 saturated carbocycles. The highest BCUT2D eigenvalue weighted by Crippen LogP contribution is 2.31. The molecular weight excluding hydrogens is 412 g/mol. The number of hydrogen-bond acceptors (Lipinski definition) is 6. The van der Waals surface area contributed by atoms with E-state index in [1.807, 2.05) is 42.5 Å². The molecule has 3 aromatic carbocycles. The third-order valence-electron chi connectivity index (χ3n) is 4.91. The van der Waals surface area contributed by atoms with Crippen LogP contribution in [0.2, 0.25) is 0 Å². The van der Waals surface area contributed by atoms with Crippen molar-refractivity contribution in [1.29, 1.82) is 0 Å². The number of benzene rings is 3. The van der Waals surface area contributed by atoms with Gasteiger partial charge in [0.25, 0.3) is 11.8 Å². The third-order valence-corrected chi connectivity index (χ3v) is 4.91. The molecule has 0 aromatic heterocycles. The molecule has 1 aliphatic rings. The largest absolute Gasteiger partial charge is 0.490 e. The van der Waals surface area contributed by atoms with Gasteiger partial charge in [-0.05, 0) is 18.2 Å². The average Bonchev–Trinajstić information content (AvgIpc) is 2.95. The average molecular weight is 430 g/mol. The van der Waals surface area contributed by atoms with Crippen LogP contribution in [-0.4, -0.2) is 35.7 Å². The SMILES string of the molecule is COc1cccc(C(=O)NC2N=C(c3ccccc3)c3ccccc3NC2=O)c1[N+](=O)[O-]. The van der Waals surface area contributed by atoms with Crippen LogP contribution in [0.25, 0.3) is 0 Å². The van der Waals surface area contributed by atoms with Crippen molar-refractivity contribution in [2.45, 2.75) is 6.17 Å². The lowest BCUT2D eigenvalue weighted by Gasteiger charge is -2.14. The van der Waals surface area contributed by atoms with E-state index in [0.717, 1.165) is 5.56 Å². The van der Waals surface area contributed by atoms with Crippen molar-refractivity contribution in [3.8, 4) is 5.75 Å². The van der Waals surface area contributed by atoms with Crippen molar-refractivity contribution in [3.63, 3.8) is 0 Å². The summed E-state index contributed by atoms with van der Waals surface area (Å²) in [6, 6.07) is 20.5. The number of nitrogens with one attached hydrogen (secondary N) is 2. The van der Waals surface area contributed by atoms with Gasteiger partial charge in [0.05, 0.1) is 23.4 Å². The maximum atomic E-state index is 13.0. The summed E-state index contributed by atoms with van der Waals surface area (Å²) in [6.45, 7) is 0. The zero-order valence-electron chi connectivity index (χ0n) is 16.9. The Morgan fingerprint density at radius 3 is 2.50 bits per heavy atom. The molecule has 9 heteroatoms. The van der Waals surface area contributed by atoms with Gasteiger partial charge in [-0.25, -0.2) is 4.99 Å². The van der Waals surface area contributed by atoms with Crippen LogP contribution in [-0.2, 0) is 4.79 Å².